The van der Waals surface area contributed by atoms with Crippen molar-refractivity contribution in [1.82, 2.24) is 4.57 Å². The lowest BCUT2D eigenvalue weighted by atomic mass is 9.95. The van der Waals surface area contributed by atoms with Crippen molar-refractivity contribution in [3.05, 3.63) is 50.3 Å². The molecule has 1 atom stereocenters. The molecule has 1 aromatic carbocycles. The highest BCUT2D eigenvalue weighted by Crippen LogP contribution is 2.25. The molecule has 0 spiro atoms. The molecule has 1 saturated heterocycles. The minimum Gasteiger partial charge on any atom is -0.409 e. The first-order valence-electron chi connectivity index (χ1n) is 9.06. The Bertz CT molecular complexity index is 918. The number of carbonyl (C=O) groups excluding carboxylic acids is 1. The van der Waals surface area contributed by atoms with Crippen molar-refractivity contribution in [2.75, 3.05) is 6.61 Å². The fourth-order valence-electron chi connectivity index (χ4n) is 2.79. The van der Waals surface area contributed by atoms with E-state index in [1.54, 1.807) is 0 Å². The lowest BCUT2D eigenvalue weighted by molar-refractivity contribution is -0.384. The third-order valence-electron chi connectivity index (χ3n) is 4.32. The van der Waals surface area contributed by atoms with E-state index in [9.17, 15) is 14.9 Å². The standard InChI is InChI=1S/C19H23N3O5S/c1-19(2,3)16-12-21(11-15-5-4-10-26-15)17(28-16)20-18(23)27-14-8-6-13(7-9-14)22(24)25/h6-9,12,15H,4-5,10-11H2,1-3H3/b20-17-/t15-/m1/s1. The van der Waals surface area contributed by atoms with Crippen molar-refractivity contribution in [2.45, 2.75) is 51.7 Å². The summed E-state index contributed by atoms with van der Waals surface area (Å²) in [7, 11) is 0. The van der Waals surface area contributed by atoms with Gasteiger partial charge in [0.2, 0.25) is 0 Å². The second-order valence-electron chi connectivity index (χ2n) is 7.65. The summed E-state index contributed by atoms with van der Waals surface area (Å²) in [5.41, 5.74) is -0.141. The molecule has 0 unspecified atom stereocenters. The van der Waals surface area contributed by atoms with Gasteiger partial charge in [-0.2, -0.15) is 0 Å². The number of rotatable bonds is 4. The zero-order chi connectivity index (χ0) is 20.3. The molecule has 1 aromatic heterocycles. The van der Waals surface area contributed by atoms with Crippen molar-refractivity contribution < 1.29 is 19.2 Å². The number of nitro groups is 1. The number of non-ortho nitro benzene ring substituents is 1. The van der Waals surface area contributed by atoms with E-state index in [-0.39, 0.29) is 23.0 Å². The van der Waals surface area contributed by atoms with Gasteiger partial charge in [0.25, 0.3) is 5.69 Å². The van der Waals surface area contributed by atoms with Gasteiger partial charge in [0.1, 0.15) is 5.75 Å². The number of ether oxygens (including phenoxy) is 2. The quantitative estimate of drug-likeness (QED) is 0.565. The van der Waals surface area contributed by atoms with Crippen LogP contribution < -0.4 is 9.54 Å². The van der Waals surface area contributed by atoms with Crippen molar-refractivity contribution in [2.24, 2.45) is 4.99 Å². The summed E-state index contributed by atoms with van der Waals surface area (Å²) in [5.74, 6) is 0.206. The van der Waals surface area contributed by atoms with Gasteiger partial charge in [-0.3, -0.25) is 10.1 Å². The molecule has 1 aliphatic rings. The average molecular weight is 405 g/mol. The zero-order valence-corrected chi connectivity index (χ0v) is 16.9. The third-order valence-corrected chi connectivity index (χ3v) is 5.77. The molecule has 0 N–H and O–H groups in total. The zero-order valence-electron chi connectivity index (χ0n) is 16.1. The normalized spacial score (nSPS) is 17.7. The summed E-state index contributed by atoms with van der Waals surface area (Å²) in [6, 6.07) is 5.31. The molecule has 150 valence electrons. The average Bonchev–Trinajstić information content (AvgIpc) is 3.26. The van der Waals surface area contributed by atoms with Crippen LogP contribution in [0.4, 0.5) is 10.5 Å². The number of nitro benzene ring substituents is 1. The Morgan fingerprint density at radius 2 is 2.11 bits per heavy atom. The van der Waals surface area contributed by atoms with Crippen molar-refractivity contribution >= 4 is 23.1 Å². The topological polar surface area (TPSA) is 96.0 Å². The number of thiazole rings is 1. The van der Waals surface area contributed by atoms with Crippen LogP contribution in [0.1, 0.15) is 38.5 Å². The smallest absolute Gasteiger partial charge is 0.409 e. The Labute approximate surface area is 166 Å². The SMILES string of the molecule is CC(C)(C)c1cn(C[C@H]2CCCO2)/c(=N/C(=O)Oc2ccc([N+](=O)[O-])cc2)s1. The Kier molecular flexibility index (Phi) is 5.95. The number of nitrogens with zero attached hydrogens (tertiary/aromatic N) is 3. The molecule has 0 bridgehead atoms. The van der Waals surface area contributed by atoms with Crippen LogP contribution in [0.3, 0.4) is 0 Å². The van der Waals surface area contributed by atoms with Gasteiger partial charge in [-0.15, -0.1) is 16.3 Å². The number of carbonyl (C=O) groups is 1. The van der Waals surface area contributed by atoms with Gasteiger partial charge in [-0.1, -0.05) is 20.8 Å². The molecule has 0 aliphatic carbocycles. The lowest BCUT2D eigenvalue weighted by Crippen LogP contribution is -2.24. The monoisotopic (exact) mass is 405 g/mol. The van der Waals surface area contributed by atoms with Gasteiger partial charge in [0, 0.05) is 29.8 Å². The number of amides is 1. The molecular formula is C19H23N3O5S. The fraction of sp³-hybridized carbons (Fsp3) is 0.474. The van der Waals surface area contributed by atoms with Crippen LogP contribution in [0.2, 0.25) is 0 Å². The molecule has 1 amide bonds. The second kappa shape index (κ2) is 8.24. The maximum atomic E-state index is 12.3. The largest absolute Gasteiger partial charge is 0.441 e. The van der Waals surface area contributed by atoms with Crippen LogP contribution in [0, 0.1) is 10.1 Å². The van der Waals surface area contributed by atoms with Gasteiger partial charge in [0.05, 0.1) is 17.6 Å². The van der Waals surface area contributed by atoms with Gasteiger partial charge >= 0.3 is 6.09 Å². The summed E-state index contributed by atoms with van der Waals surface area (Å²) in [4.78, 5) is 28.3. The van der Waals surface area contributed by atoms with Crippen LogP contribution in [0.15, 0.2) is 35.5 Å². The highest BCUT2D eigenvalue weighted by atomic mass is 32.1. The summed E-state index contributed by atoms with van der Waals surface area (Å²) in [5, 5.41) is 10.7. The Morgan fingerprint density at radius 1 is 1.39 bits per heavy atom. The maximum Gasteiger partial charge on any atom is 0.441 e. The minimum atomic E-state index is -0.766. The van der Waals surface area contributed by atoms with E-state index in [4.69, 9.17) is 9.47 Å². The van der Waals surface area contributed by atoms with E-state index in [1.807, 2.05) is 10.8 Å². The molecule has 28 heavy (non-hydrogen) atoms. The Balaban J connectivity index is 1.82. The highest BCUT2D eigenvalue weighted by molar-refractivity contribution is 7.09. The number of benzene rings is 1. The van der Waals surface area contributed by atoms with Gasteiger partial charge < -0.3 is 14.0 Å². The number of hydrogen-bond acceptors (Lipinski definition) is 6. The van der Waals surface area contributed by atoms with Gasteiger partial charge in [-0.25, -0.2) is 4.79 Å². The van der Waals surface area contributed by atoms with Crippen LogP contribution in [-0.4, -0.2) is 28.3 Å². The van der Waals surface area contributed by atoms with E-state index in [0.29, 0.717) is 11.3 Å². The summed E-state index contributed by atoms with van der Waals surface area (Å²) >= 11 is 1.45. The highest BCUT2D eigenvalue weighted by Gasteiger charge is 2.21. The molecule has 2 aromatic rings. The number of aromatic nitrogens is 1. The molecule has 0 saturated carbocycles. The van der Waals surface area contributed by atoms with Crippen molar-refractivity contribution in [3.63, 3.8) is 0 Å². The fourth-order valence-corrected chi connectivity index (χ4v) is 3.84. The summed E-state index contributed by atoms with van der Waals surface area (Å²) < 4.78 is 12.9. The molecule has 1 fully saturated rings. The van der Waals surface area contributed by atoms with Gasteiger partial charge in [-0.05, 0) is 30.4 Å². The van der Waals surface area contributed by atoms with E-state index in [1.165, 1.54) is 35.6 Å². The van der Waals surface area contributed by atoms with E-state index in [2.05, 4.69) is 25.8 Å². The molecule has 0 radical (unpaired) electrons. The molecule has 2 heterocycles. The van der Waals surface area contributed by atoms with Crippen LogP contribution in [0.25, 0.3) is 0 Å². The van der Waals surface area contributed by atoms with E-state index in [0.717, 1.165) is 24.3 Å². The minimum absolute atomic E-state index is 0.0702. The third kappa shape index (κ3) is 5.05. The first kappa shape index (κ1) is 20.2. The summed E-state index contributed by atoms with van der Waals surface area (Å²) in [6.45, 7) is 7.71. The lowest BCUT2D eigenvalue weighted by Gasteiger charge is -2.15. The molecule has 3 rings (SSSR count). The first-order chi connectivity index (χ1) is 13.2. The summed E-state index contributed by atoms with van der Waals surface area (Å²) in [6.07, 6.45) is 3.39. The van der Waals surface area contributed by atoms with Crippen molar-refractivity contribution in [1.29, 1.82) is 0 Å². The second-order valence-corrected chi connectivity index (χ2v) is 8.66. The number of hydrogen-bond donors (Lipinski definition) is 0. The van der Waals surface area contributed by atoms with Crippen LogP contribution in [-0.2, 0) is 16.7 Å². The van der Waals surface area contributed by atoms with E-state index < -0.39 is 11.0 Å². The first-order valence-corrected chi connectivity index (χ1v) is 9.87. The molecule has 8 nitrogen and oxygen atoms in total. The predicted molar refractivity (Wildman–Crippen MR) is 105 cm³/mol. The van der Waals surface area contributed by atoms with E-state index >= 15 is 0 Å². The Hall–Kier alpha value is -2.52. The van der Waals surface area contributed by atoms with Crippen LogP contribution >= 0.6 is 11.3 Å². The Morgan fingerprint density at radius 3 is 2.68 bits per heavy atom. The maximum absolute atomic E-state index is 12.3. The molecule has 1 aliphatic heterocycles. The van der Waals surface area contributed by atoms with Crippen molar-refractivity contribution in [3.8, 4) is 5.75 Å². The molecule has 9 heteroatoms. The van der Waals surface area contributed by atoms with Gasteiger partial charge in [0.15, 0.2) is 4.80 Å². The predicted octanol–water partition coefficient (Wildman–Crippen LogP) is 4.03. The molecular weight excluding hydrogens is 382 g/mol. The van der Waals surface area contributed by atoms with Crippen LogP contribution in [0.5, 0.6) is 5.75 Å².